The van der Waals surface area contributed by atoms with E-state index < -0.39 is 12.1 Å². The summed E-state index contributed by atoms with van der Waals surface area (Å²) in [6.45, 7) is 0.521. The first-order valence-electron chi connectivity index (χ1n) is 5.83. The number of hydrogen-bond donors (Lipinski definition) is 0. The lowest BCUT2D eigenvalue weighted by Crippen LogP contribution is -2.42. The zero-order chi connectivity index (χ0) is 13.2. The predicted octanol–water partition coefficient (Wildman–Crippen LogP) is 3.34. The van der Waals surface area contributed by atoms with Gasteiger partial charge in [-0.05, 0) is 25.0 Å². The highest BCUT2D eigenvalue weighted by molar-refractivity contribution is 5.59. The van der Waals surface area contributed by atoms with Gasteiger partial charge in [-0.15, -0.1) is 0 Å². The molecular formula is C13H13F3N2. The Balaban J connectivity index is 2.21. The largest absolute Gasteiger partial charge is 0.393 e. The van der Waals surface area contributed by atoms with Gasteiger partial charge in [0.1, 0.15) is 6.07 Å². The number of rotatable bonds is 1. The van der Waals surface area contributed by atoms with Gasteiger partial charge in [-0.2, -0.15) is 18.4 Å². The zero-order valence-electron chi connectivity index (χ0n) is 9.74. The van der Waals surface area contributed by atoms with Crippen LogP contribution in [0.25, 0.3) is 0 Å². The molecule has 18 heavy (non-hydrogen) atoms. The minimum Gasteiger partial charge on any atom is -0.370 e. The third kappa shape index (κ3) is 2.58. The number of piperidine rings is 1. The lowest BCUT2D eigenvalue weighted by molar-refractivity contribution is -0.175. The Morgan fingerprint density at radius 1 is 1.28 bits per heavy atom. The average Bonchev–Trinajstić information content (AvgIpc) is 2.38. The van der Waals surface area contributed by atoms with Gasteiger partial charge in [0.25, 0.3) is 0 Å². The second-order valence-electron chi connectivity index (χ2n) is 4.46. The van der Waals surface area contributed by atoms with Crippen LogP contribution in [0.3, 0.4) is 0 Å². The molecule has 0 aromatic heterocycles. The van der Waals surface area contributed by atoms with E-state index in [0.29, 0.717) is 24.2 Å². The summed E-state index contributed by atoms with van der Waals surface area (Å²) in [6, 6.07) is 8.82. The first kappa shape index (κ1) is 12.7. The molecule has 2 rings (SSSR count). The minimum absolute atomic E-state index is 0.0534. The number of anilines is 1. The molecule has 0 saturated carbocycles. The molecule has 2 nitrogen and oxygen atoms in total. The van der Waals surface area contributed by atoms with E-state index in [0.717, 1.165) is 0 Å². The molecule has 0 amide bonds. The molecule has 5 heteroatoms. The molecule has 0 radical (unpaired) electrons. The van der Waals surface area contributed by atoms with Crippen LogP contribution in [-0.2, 0) is 0 Å². The summed E-state index contributed by atoms with van der Waals surface area (Å²) in [6.07, 6.45) is -3.47. The quantitative estimate of drug-likeness (QED) is 0.768. The predicted molar refractivity (Wildman–Crippen MR) is 62.1 cm³/mol. The van der Waals surface area contributed by atoms with E-state index in [1.165, 1.54) is 0 Å². The Morgan fingerprint density at radius 3 is 2.67 bits per heavy atom. The van der Waals surface area contributed by atoms with Crippen molar-refractivity contribution in [1.29, 1.82) is 5.26 Å². The summed E-state index contributed by atoms with van der Waals surface area (Å²) < 4.78 is 38.2. The van der Waals surface area contributed by atoms with Crippen molar-refractivity contribution < 1.29 is 13.2 Å². The summed E-state index contributed by atoms with van der Waals surface area (Å²) in [5.74, 6) is -1.29. The van der Waals surface area contributed by atoms with Crippen molar-refractivity contribution in [3.8, 4) is 6.07 Å². The fourth-order valence-electron chi connectivity index (χ4n) is 2.31. The van der Waals surface area contributed by atoms with Crippen LogP contribution in [-0.4, -0.2) is 19.3 Å². The number of nitrogens with zero attached hydrogens (tertiary/aromatic N) is 2. The maximum absolute atomic E-state index is 12.7. The van der Waals surface area contributed by atoms with E-state index in [2.05, 4.69) is 0 Å². The number of hydrogen-bond acceptors (Lipinski definition) is 2. The monoisotopic (exact) mass is 254 g/mol. The number of alkyl halides is 3. The van der Waals surface area contributed by atoms with Crippen molar-refractivity contribution in [2.24, 2.45) is 5.92 Å². The van der Waals surface area contributed by atoms with E-state index >= 15 is 0 Å². The van der Waals surface area contributed by atoms with Crippen LogP contribution in [0, 0.1) is 17.2 Å². The number of benzene rings is 1. The van der Waals surface area contributed by atoms with E-state index in [-0.39, 0.29) is 13.0 Å². The molecule has 1 aliphatic rings. The fourth-order valence-corrected chi connectivity index (χ4v) is 2.31. The Hall–Kier alpha value is -1.70. The van der Waals surface area contributed by atoms with Crippen LogP contribution in [0.2, 0.25) is 0 Å². The molecule has 96 valence electrons. The fraction of sp³-hybridized carbons (Fsp3) is 0.462. The van der Waals surface area contributed by atoms with Gasteiger partial charge in [0.2, 0.25) is 0 Å². The SMILES string of the molecule is N#Cc1ccccc1N1CCCC(C(F)(F)F)C1. The second-order valence-corrected chi connectivity index (χ2v) is 4.46. The Morgan fingerprint density at radius 2 is 2.00 bits per heavy atom. The van der Waals surface area contributed by atoms with Crippen molar-refractivity contribution in [2.75, 3.05) is 18.0 Å². The molecule has 1 aromatic rings. The van der Waals surface area contributed by atoms with Crippen molar-refractivity contribution in [2.45, 2.75) is 19.0 Å². The van der Waals surface area contributed by atoms with Gasteiger partial charge in [-0.1, -0.05) is 12.1 Å². The molecule has 1 saturated heterocycles. The maximum Gasteiger partial charge on any atom is 0.393 e. The standard InChI is InChI=1S/C13H13F3N2/c14-13(15,16)11-5-3-7-18(9-11)12-6-2-1-4-10(12)8-17/h1-2,4,6,11H,3,5,7,9H2. The van der Waals surface area contributed by atoms with Crippen molar-refractivity contribution >= 4 is 5.69 Å². The normalized spacial score (nSPS) is 20.6. The molecule has 0 spiro atoms. The summed E-state index contributed by atoms with van der Waals surface area (Å²) in [5, 5.41) is 8.98. The average molecular weight is 254 g/mol. The molecule has 0 N–H and O–H groups in total. The Bertz CT molecular complexity index is 462. The third-order valence-corrected chi connectivity index (χ3v) is 3.25. The van der Waals surface area contributed by atoms with Crippen LogP contribution >= 0.6 is 0 Å². The van der Waals surface area contributed by atoms with Gasteiger partial charge in [-0.3, -0.25) is 0 Å². The van der Waals surface area contributed by atoms with Crippen molar-refractivity contribution in [1.82, 2.24) is 0 Å². The van der Waals surface area contributed by atoms with E-state index in [1.54, 1.807) is 29.2 Å². The molecular weight excluding hydrogens is 241 g/mol. The maximum atomic E-state index is 12.7. The minimum atomic E-state index is -4.15. The van der Waals surface area contributed by atoms with E-state index in [4.69, 9.17) is 5.26 Å². The highest BCUT2D eigenvalue weighted by Crippen LogP contribution is 2.35. The second kappa shape index (κ2) is 4.89. The first-order chi connectivity index (χ1) is 8.52. The topological polar surface area (TPSA) is 27.0 Å². The van der Waals surface area contributed by atoms with E-state index in [9.17, 15) is 13.2 Å². The molecule has 0 aliphatic carbocycles. The lowest BCUT2D eigenvalue weighted by Gasteiger charge is -2.35. The van der Waals surface area contributed by atoms with E-state index in [1.807, 2.05) is 6.07 Å². The highest BCUT2D eigenvalue weighted by atomic mass is 19.4. The van der Waals surface area contributed by atoms with Crippen LogP contribution in [0.5, 0.6) is 0 Å². The summed E-state index contributed by atoms with van der Waals surface area (Å²) in [7, 11) is 0. The van der Waals surface area contributed by atoms with Gasteiger partial charge in [0.15, 0.2) is 0 Å². The van der Waals surface area contributed by atoms with Crippen molar-refractivity contribution in [3.63, 3.8) is 0 Å². The number of para-hydroxylation sites is 1. The molecule has 1 atom stereocenters. The smallest absolute Gasteiger partial charge is 0.370 e. The molecule has 1 fully saturated rings. The van der Waals surface area contributed by atoms with Crippen molar-refractivity contribution in [3.05, 3.63) is 29.8 Å². The van der Waals surface area contributed by atoms with Crippen LogP contribution < -0.4 is 4.90 Å². The summed E-state index contributed by atoms with van der Waals surface area (Å²) in [4.78, 5) is 1.67. The van der Waals surface area contributed by atoms with Gasteiger partial charge >= 0.3 is 6.18 Å². The molecule has 1 heterocycles. The Labute approximate surface area is 104 Å². The summed E-state index contributed by atoms with van der Waals surface area (Å²) in [5.41, 5.74) is 1.04. The van der Waals surface area contributed by atoms with Crippen LogP contribution in [0.1, 0.15) is 18.4 Å². The Kier molecular flexibility index (Phi) is 3.46. The van der Waals surface area contributed by atoms with Crippen LogP contribution in [0.4, 0.5) is 18.9 Å². The molecule has 1 aromatic carbocycles. The molecule has 0 bridgehead atoms. The third-order valence-electron chi connectivity index (χ3n) is 3.25. The summed E-state index contributed by atoms with van der Waals surface area (Å²) >= 11 is 0. The van der Waals surface area contributed by atoms with Crippen LogP contribution in [0.15, 0.2) is 24.3 Å². The zero-order valence-corrected chi connectivity index (χ0v) is 9.74. The van der Waals surface area contributed by atoms with Gasteiger partial charge in [0, 0.05) is 13.1 Å². The number of nitriles is 1. The van der Waals surface area contributed by atoms with Gasteiger partial charge < -0.3 is 4.90 Å². The molecule has 1 unspecified atom stereocenters. The lowest BCUT2D eigenvalue weighted by atomic mass is 9.96. The van der Waals surface area contributed by atoms with Gasteiger partial charge in [-0.25, -0.2) is 0 Å². The highest BCUT2D eigenvalue weighted by Gasteiger charge is 2.42. The van der Waals surface area contributed by atoms with Gasteiger partial charge in [0.05, 0.1) is 17.2 Å². The molecule has 1 aliphatic heterocycles. The number of halogens is 3. The first-order valence-corrected chi connectivity index (χ1v) is 5.83.